The lowest BCUT2D eigenvalue weighted by Crippen LogP contribution is -1.94. The highest BCUT2D eigenvalue weighted by atomic mass is 35.5. The van der Waals surface area contributed by atoms with Crippen LogP contribution in [-0.2, 0) is 0 Å². The average Bonchev–Trinajstić information content (AvgIpc) is 3.19. The molecule has 0 unspecified atom stereocenters. The predicted molar refractivity (Wildman–Crippen MR) is 66.5 cm³/mol. The summed E-state index contributed by atoms with van der Waals surface area (Å²) in [6.07, 6.45) is 1.73. The van der Waals surface area contributed by atoms with E-state index in [9.17, 15) is 0 Å². The number of hydrogen-bond donors (Lipinski definition) is 2. The van der Waals surface area contributed by atoms with Crippen LogP contribution in [0.2, 0.25) is 5.02 Å². The van der Waals surface area contributed by atoms with E-state index >= 15 is 0 Å². The number of tetrazole rings is 2. The van der Waals surface area contributed by atoms with Crippen molar-refractivity contribution in [2.24, 2.45) is 0 Å². The molecule has 11 heteroatoms. The Bertz CT molecular complexity index is 862. The first kappa shape index (κ1) is 11.0. The van der Waals surface area contributed by atoms with Crippen molar-refractivity contribution < 1.29 is 0 Å². The quantitative estimate of drug-likeness (QED) is 0.545. The highest BCUT2D eigenvalue weighted by Gasteiger charge is 2.16. The van der Waals surface area contributed by atoms with Gasteiger partial charge in [-0.05, 0) is 22.6 Å². The van der Waals surface area contributed by atoms with E-state index in [1.54, 1.807) is 22.7 Å². The highest BCUT2D eigenvalue weighted by Crippen LogP contribution is 2.27. The Hall–Kier alpha value is -2.88. The fourth-order valence-electron chi connectivity index (χ4n) is 1.89. The minimum Gasteiger partial charge on any atom is -0.294 e. The number of fused-ring (bicyclic) bond motifs is 1. The number of halogens is 1. The first-order chi connectivity index (χ1) is 9.83. The number of pyridine rings is 1. The molecule has 0 aromatic carbocycles. The topological polar surface area (TPSA) is 126 Å². The summed E-state index contributed by atoms with van der Waals surface area (Å²) < 4.78 is 1.75. The zero-order chi connectivity index (χ0) is 13.5. The summed E-state index contributed by atoms with van der Waals surface area (Å²) in [5.41, 5.74) is 1.81. The first-order valence-corrected chi connectivity index (χ1v) is 5.86. The molecule has 10 nitrogen and oxygen atoms in total. The largest absolute Gasteiger partial charge is 0.294 e. The Balaban J connectivity index is 2.01. The molecular weight excluding hydrogens is 284 g/mol. The molecule has 20 heavy (non-hydrogen) atoms. The molecule has 0 bridgehead atoms. The van der Waals surface area contributed by atoms with Gasteiger partial charge >= 0.3 is 0 Å². The van der Waals surface area contributed by atoms with Crippen molar-refractivity contribution in [1.29, 1.82) is 0 Å². The van der Waals surface area contributed by atoms with Gasteiger partial charge in [0.2, 0.25) is 11.6 Å². The Morgan fingerprint density at radius 1 is 1.00 bits per heavy atom. The summed E-state index contributed by atoms with van der Waals surface area (Å²) in [4.78, 5) is 4.40. The monoisotopic (exact) mass is 288 g/mol. The van der Waals surface area contributed by atoms with Crippen LogP contribution in [-0.4, -0.2) is 50.6 Å². The average molecular weight is 289 g/mol. The van der Waals surface area contributed by atoms with E-state index in [1.807, 2.05) is 0 Å². The maximum absolute atomic E-state index is 6.21. The van der Waals surface area contributed by atoms with Crippen molar-refractivity contribution in [3.8, 4) is 23.0 Å². The number of aromatic amines is 2. The van der Waals surface area contributed by atoms with Gasteiger partial charge in [0.05, 0.1) is 5.02 Å². The van der Waals surface area contributed by atoms with Crippen LogP contribution < -0.4 is 0 Å². The third kappa shape index (κ3) is 1.55. The molecule has 0 aliphatic rings. The molecule has 0 aliphatic carbocycles. The summed E-state index contributed by atoms with van der Waals surface area (Å²) in [6, 6.07) is 3.49. The van der Waals surface area contributed by atoms with Gasteiger partial charge in [-0.1, -0.05) is 11.6 Å². The molecule has 0 spiro atoms. The van der Waals surface area contributed by atoms with E-state index < -0.39 is 0 Å². The molecule has 0 amide bonds. The van der Waals surface area contributed by atoms with Gasteiger partial charge in [0.15, 0.2) is 0 Å². The normalized spacial score (nSPS) is 11.2. The molecule has 0 saturated heterocycles. The number of aromatic nitrogens is 10. The van der Waals surface area contributed by atoms with Crippen LogP contribution in [0.4, 0.5) is 0 Å². The van der Waals surface area contributed by atoms with Crippen molar-refractivity contribution in [2.75, 3.05) is 0 Å². The predicted octanol–water partition coefficient (Wildman–Crippen LogP) is 0.348. The number of H-pyrrole nitrogens is 2. The lowest BCUT2D eigenvalue weighted by Gasteiger charge is -2.02. The molecular formula is C9H5ClN10. The third-order valence-corrected chi connectivity index (χ3v) is 3.02. The maximum Gasteiger partial charge on any atom is 0.224 e. The molecule has 4 aromatic rings. The van der Waals surface area contributed by atoms with E-state index in [0.29, 0.717) is 33.7 Å². The van der Waals surface area contributed by atoms with Crippen LogP contribution in [0.25, 0.3) is 28.7 Å². The van der Waals surface area contributed by atoms with Crippen LogP contribution in [0.1, 0.15) is 0 Å². The number of imidazole rings is 1. The van der Waals surface area contributed by atoms with E-state index in [-0.39, 0.29) is 0 Å². The van der Waals surface area contributed by atoms with Crippen LogP contribution in [0.15, 0.2) is 18.3 Å². The third-order valence-electron chi connectivity index (χ3n) is 2.71. The minimum absolute atomic E-state index is 0.373. The minimum atomic E-state index is 0.373. The standard InChI is InChI=1S/C9H5ClN10/c10-4-1-2-6-11-5(8-12-16-17-13-8)3-20(6)7(4)9-14-18-19-15-9/h1-3H,(H,12,13,16,17)(H,14,15,18,19). The SMILES string of the molecule is Clc1ccc2nc(-c3nn[nH]n3)cn2c1-c1nn[nH]n1. The van der Waals surface area contributed by atoms with Gasteiger partial charge in [0, 0.05) is 6.20 Å². The van der Waals surface area contributed by atoms with Crippen LogP contribution in [0.5, 0.6) is 0 Å². The van der Waals surface area contributed by atoms with Crippen molar-refractivity contribution in [3.05, 3.63) is 23.4 Å². The Kier molecular flexibility index (Phi) is 2.23. The fraction of sp³-hybridized carbons (Fsp3) is 0. The lowest BCUT2D eigenvalue weighted by molar-refractivity contribution is 0.881. The Morgan fingerprint density at radius 2 is 1.75 bits per heavy atom. The second-order valence-corrected chi connectivity index (χ2v) is 4.26. The van der Waals surface area contributed by atoms with Crippen LogP contribution >= 0.6 is 11.6 Å². The summed E-state index contributed by atoms with van der Waals surface area (Å²) in [6.45, 7) is 0. The molecule has 4 heterocycles. The molecule has 98 valence electrons. The first-order valence-electron chi connectivity index (χ1n) is 5.48. The van der Waals surface area contributed by atoms with Gasteiger partial charge in [-0.15, -0.1) is 20.4 Å². The summed E-state index contributed by atoms with van der Waals surface area (Å²) in [7, 11) is 0. The second-order valence-electron chi connectivity index (χ2n) is 3.86. The Morgan fingerprint density at radius 3 is 2.45 bits per heavy atom. The van der Waals surface area contributed by atoms with E-state index in [2.05, 4.69) is 46.2 Å². The highest BCUT2D eigenvalue weighted by molar-refractivity contribution is 6.33. The molecule has 4 rings (SSSR count). The molecule has 2 N–H and O–H groups in total. The van der Waals surface area contributed by atoms with Gasteiger partial charge in [-0.3, -0.25) is 4.40 Å². The molecule has 0 atom stereocenters. The maximum atomic E-state index is 6.21. The number of nitrogens with zero attached hydrogens (tertiary/aromatic N) is 8. The van der Waals surface area contributed by atoms with Crippen molar-refractivity contribution in [1.82, 2.24) is 50.6 Å². The van der Waals surface area contributed by atoms with Crippen molar-refractivity contribution in [3.63, 3.8) is 0 Å². The van der Waals surface area contributed by atoms with Gasteiger partial charge in [0.1, 0.15) is 17.0 Å². The van der Waals surface area contributed by atoms with E-state index in [4.69, 9.17) is 11.6 Å². The lowest BCUT2D eigenvalue weighted by atomic mass is 10.3. The number of hydrogen-bond acceptors (Lipinski definition) is 7. The molecule has 0 radical (unpaired) electrons. The number of rotatable bonds is 2. The Labute approximate surface area is 115 Å². The molecule has 0 fully saturated rings. The van der Waals surface area contributed by atoms with Crippen molar-refractivity contribution >= 4 is 17.2 Å². The molecule has 0 aliphatic heterocycles. The number of nitrogens with one attached hydrogen (secondary N) is 2. The van der Waals surface area contributed by atoms with E-state index in [0.717, 1.165) is 0 Å². The second kappa shape index (κ2) is 4.06. The van der Waals surface area contributed by atoms with Crippen LogP contribution in [0, 0.1) is 0 Å². The summed E-state index contributed by atoms with van der Waals surface area (Å²) in [5, 5.41) is 28.0. The molecule has 0 saturated carbocycles. The summed E-state index contributed by atoms with van der Waals surface area (Å²) >= 11 is 6.21. The van der Waals surface area contributed by atoms with Gasteiger partial charge in [0.25, 0.3) is 0 Å². The zero-order valence-electron chi connectivity index (χ0n) is 9.69. The van der Waals surface area contributed by atoms with Gasteiger partial charge < -0.3 is 0 Å². The van der Waals surface area contributed by atoms with Gasteiger partial charge in [-0.25, -0.2) is 4.98 Å². The smallest absolute Gasteiger partial charge is 0.224 e. The zero-order valence-corrected chi connectivity index (χ0v) is 10.4. The van der Waals surface area contributed by atoms with E-state index in [1.165, 1.54) is 0 Å². The van der Waals surface area contributed by atoms with Crippen LogP contribution in [0.3, 0.4) is 0 Å². The van der Waals surface area contributed by atoms with Gasteiger partial charge in [-0.2, -0.15) is 10.4 Å². The molecule has 4 aromatic heterocycles. The van der Waals surface area contributed by atoms with Crippen molar-refractivity contribution in [2.45, 2.75) is 0 Å². The summed E-state index contributed by atoms with van der Waals surface area (Å²) in [5.74, 6) is 0.765. The fourth-order valence-corrected chi connectivity index (χ4v) is 2.13.